The molecule has 2 N–H and O–H groups in total. The van der Waals surface area contributed by atoms with E-state index in [0.29, 0.717) is 11.2 Å². The van der Waals surface area contributed by atoms with Crippen LogP contribution in [0.2, 0.25) is 0 Å². The van der Waals surface area contributed by atoms with Crippen molar-refractivity contribution in [2.75, 3.05) is 0 Å². The number of thiocarbonyl (C=S) groups is 1. The average molecular weight is 254 g/mol. The Balaban J connectivity index is 2.01. The molecule has 0 saturated heterocycles. The van der Waals surface area contributed by atoms with Gasteiger partial charge in [0.05, 0.1) is 6.54 Å². The molecule has 1 aliphatic carbocycles. The Morgan fingerprint density at radius 2 is 2.19 bits per heavy atom. The van der Waals surface area contributed by atoms with Crippen LogP contribution in [0.3, 0.4) is 0 Å². The van der Waals surface area contributed by atoms with Crippen molar-refractivity contribution >= 4 is 28.7 Å². The van der Waals surface area contributed by atoms with Gasteiger partial charge >= 0.3 is 0 Å². The maximum absolute atomic E-state index is 5.85. The zero-order valence-electron chi connectivity index (χ0n) is 9.39. The molecule has 0 amide bonds. The highest BCUT2D eigenvalue weighted by Crippen LogP contribution is 2.24. The van der Waals surface area contributed by atoms with Gasteiger partial charge in [-0.3, -0.25) is 0 Å². The molecule has 0 unspecified atom stereocenters. The van der Waals surface area contributed by atoms with Crippen molar-refractivity contribution in [3.8, 4) is 0 Å². The first-order chi connectivity index (χ1) is 7.77. The predicted molar refractivity (Wildman–Crippen MR) is 73.5 cm³/mol. The lowest BCUT2D eigenvalue weighted by molar-refractivity contribution is 0.240. The van der Waals surface area contributed by atoms with Crippen LogP contribution < -0.4 is 5.73 Å². The fourth-order valence-corrected chi connectivity index (χ4v) is 3.27. The van der Waals surface area contributed by atoms with Gasteiger partial charge in [0.15, 0.2) is 5.11 Å². The second kappa shape index (κ2) is 5.64. The molecular weight excluding hydrogens is 236 g/mol. The third-order valence-corrected chi connectivity index (χ3v) is 4.30. The summed E-state index contributed by atoms with van der Waals surface area (Å²) >= 11 is 6.96. The second-order valence-electron chi connectivity index (χ2n) is 4.34. The normalized spacial score (nSPS) is 17.2. The molecule has 0 radical (unpaired) electrons. The number of thiophene rings is 1. The number of hydrogen-bond donors (Lipinski definition) is 1. The van der Waals surface area contributed by atoms with Crippen molar-refractivity contribution < 1.29 is 0 Å². The van der Waals surface area contributed by atoms with Gasteiger partial charge in [-0.05, 0) is 36.5 Å². The third-order valence-electron chi connectivity index (χ3n) is 3.20. The van der Waals surface area contributed by atoms with Crippen molar-refractivity contribution in [3.05, 3.63) is 22.4 Å². The minimum Gasteiger partial charge on any atom is -0.376 e. The quantitative estimate of drug-likeness (QED) is 0.840. The van der Waals surface area contributed by atoms with E-state index in [1.807, 2.05) is 0 Å². The van der Waals surface area contributed by atoms with E-state index in [1.165, 1.54) is 37.0 Å². The molecule has 0 aromatic carbocycles. The molecular formula is C12H18N2S2. The van der Waals surface area contributed by atoms with Crippen LogP contribution >= 0.6 is 23.6 Å². The Morgan fingerprint density at radius 3 is 2.75 bits per heavy atom. The maximum atomic E-state index is 5.85. The van der Waals surface area contributed by atoms with Crippen molar-refractivity contribution in [3.63, 3.8) is 0 Å². The Kier molecular flexibility index (Phi) is 4.18. The van der Waals surface area contributed by atoms with Gasteiger partial charge in [-0.25, -0.2) is 0 Å². The summed E-state index contributed by atoms with van der Waals surface area (Å²) in [6, 6.07) is 4.80. The van der Waals surface area contributed by atoms with E-state index in [0.717, 1.165) is 6.54 Å². The van der Waals surface area contributed by atoms with Crippen LogP contribution in [0.25, 0.3) is 0 Å². The van der Waals surface area contributed by atoms with E-state index >= 15 is 0 Å². The monoisotopic (exact) mass is 254 g/mol. The number of nitrogens with zero attached hydrogens (tertiary/aromatic N) is 1. The predicted octanol–water partition coefficient (Wildman–Crippen LogP) is 3.13. The van der Waals surface area contributed by atoms with Gasteiger partial charge in [-0.2, -0.15) is 0 Å². The Bertz CT molecular complexity index is 329. The zero-order valence-corrected chi connectivity index (χ0v) is 11.0. The summed E-state index contributed by atoms with van der Waals surface area (Å²) in [5, 5.41) is 2.66. The lowest BCUT2D eigenvalue weighted by atomic mass is 9.94. The Hall–Kier alpha value is -0.610. The molecule has 1 saturated carbocycles. The molecule has 0 spiro atoms. The molecule has 1 heterocycles. The molecule has 1 aromatic heterocycles. The summed E-state index contributed by atoms with van der Waals surface area (Å²) in [7, 11) is 0. The van der Waals surface area contributed by atoms with Crippen molar-refractivity contribution in [2.45, 2.75) is 44.7 Å². The SMILES string of the molecule is NC(=S)N(Cc1cccs1)C1CCCCC1. The van der Waals surface area contributed by atoms with Crippen LogP contribution in [-0.4, -0.2) is 16.1 Å². The van der Waals surface area contributed by atoms with Crippen LogP contribution in [0.15, 0.2) is 17.5 Å². The van der Waals surface area contributed by atoms with Gasteiger partial charge in [0.2, 0.25) is 0 Å². The average Bonchev–Trinajstić information content (AvgIpc) is 2.79. The van der Waals surface area contributed by atoms with E-state index in [2.05, 4.69) is 22.4 Å². The molecule has 0 atom stereocenters. The highest BCUT2D eigenvalue weighted by atomic mass is 32.1. The van der Waals surface area contributed by atoms with E-state index in [1.54, 1.807) is 11.3 Å². The summed E-state index contributed by atoms with van der Waals surface area (Å²) in [5.41, 5.74) is 5.85. The molecule has 2 nitrogen and oxygen atoms in total. The first-order valence-electron chi connectivity index (χ1n) is 5.86. The van der Waals surface area contributed by atoms with Gasteiger partial charge in [0, 0.05) is 10.9 Å². The minimum absolute atomic E-state index is 0.556. The second-order valence-corrected chi connectivity index (χ2v) is 5.79. The number of rotatable bonds is 3. The summed E-state index contributed by atoms with van der Waals surface area (Å²) in [6.07, 6.45) is 6.47. The van der Waals surface area contributed by atoms with Gasteiger partial charge < -0.3 is 10.6 Å². The van der Waals surface area contributed by atoms with Gasteiger partial charge in [0.25, 0.3) is 0 Å². The zero-order chi connectivity index (χ0) is 11.4. The fraction of sp³-hybridized carbons (Fsp3) is 0.583. The lowest BCUT2D eigenvalue weighted by Gasteiger charge is -2.34. The summed E-state index contributed by atoms with van der Waals surface area (Å²) < 4.78 is 0. The first-order valence-corrected chi connectivity index (χ1v) is 7.14. The third kappa shape index (κ3) is 2.95. The van der Waals surface area contributed by atoms with E-state index in [-0.39, 0.29) is 0 Å². The van der Waals surface area contributed by atoms with Crippen LogP contribution in [0.1, 0.15) is 37.0 Å². The van der Waals surface area contributed by atoms with Gasteiger partial charge in [0.1, 0.15) is 0 Å². The van der Waals surface area contributed by atoms with Crippen molar-refractivity contribution in [2.24, 2.45) is 5.73 Å². The minimum atomic E-state index is 0.556. The fourth-order valence-electron chi connectivity index (χ4n) is 2.35. The van der Waals surface area contributed by atoms with Crippen LogP contribution in [-0.2, 0) is 6.54 Å². The molecule has 1 aromatic rings. The lowest BCUT2D eigenvalue weighted by Crippen LogP contribution is -2.43. The highest BCUT2D eigenvalue weighted by molar-refractivity contribution is 7.80. The molecule has 16 heavy (non-hydrogen) atoms. The standard InChI is InChI=1S/C12H18N2S2/c13-12(15)14(9-11-7-4-8-16-11)10-5-2-1-3-6-10/h4,7-8,10H,1-3,5-6,9H2,(H2,13,15). The highest BCUT2D eigenvalue weighted by Gasteiger charge is 2.22. The summed E-state index contributed by atoms with van der Waals surface area (Å²) in [4.78, 5) is 3.55. The van der Waals surface area contributed by atoms with Crippen molar-refractivity contribution in [1.82, 2.24) is 4.90 Å². The maximum Gasteiger partial charge on any atom is 0.166 e. The van der Waals surface area contributed by atoms with Crippen LogP contribution in [0.4, 0.5) is 0 Å². The molecule has 1 aliphatic rings. The molecule has 0 aliphatic heterocycles. The van der Waals surface area contributed by atoms with Gasteiger partial charge in [-0.15, -0.1) is 11.3 Å². The smallest absolute Gasteiger partial charge is 0.166 e. The number of nitrogens with two attached hydrogens (primary N) is 1. The topological polar surface area (TPSA) is 29.3 Å². The molecule has 88 valence electrons. The van der Waals surface area contributed by atoms with E-state index < -0.39 is 0 Å². The molecule has 0 bridgehead atoms. The largest absolute Gasteiger partial charge is 0.376 e. The number of hydrogen-bond acceptors (Lipinski definition) is 2. The molecule has 2 rings (SSSR count). The van der Waals surface area contributed by atoms with Crippen LogP contribution in [0, 0.1) is 0 Å². The molecule has 4 heteroatoms. The van der Waals surface area contributed by atoms with Gasteiger partial charge in [-0.1, -0.05) is 25.3 Å². The summed E-state index contributed by atoms with van der Waals surface area (Å²) in [5.74, 6) is 0. The summed E-state index contributed by atoms with van der Waals surface area (Å²) in [6.45, 7) is 0.887. The van der Waals surface area contributed by atoms with Crippen LogP contribution in [0.5, 0.6) is 0 Å². The molecule has 1 fully saturated rings. The van der Waals surface area contributed by atoms with E-state index in [4.69, 9.17) is 18.0 Å². The Labute approximate surface area is 106 Å². The Morgan fingerprint density at radius 1 is 1.44 bits per heavy atom. The van der Waals surface area contributed by atoms with E-state index in [9.17, 15) is 0 Å². The van der Waals surface area contributed by atoms with Crippen molar-refractivity contribution in [1.29, 1.82) is 0 Å². The first kappa shape index (κ1) is 11.9.